The van der Waals surface area contributed by atoms with Crippen LogP contribution >= 0.6 is 23.4 Å². The summed E-state index contributed by atoms with van der Waals surface area (Å²) in [5, 5.41) is 8.45. The maximum atomic E-state index is 13.5. The number of amides is 1. The smallest absolute Gasteiger partial charge is 0.280 e. The molecule has 1 amide bonds. The highest BCUT2D eigenvalue weighted by Crippen LogP contribution is 2.22. The number of thioether (sulfide) groups is 1. The average molecular weight is 482 g/mol. The number of carbonyl (C=O) groups is 1. The summed E-state index contributed by atoms with van der Waals surface area (Å²) in [5.41, 5.74) is 4.30. The third kappa shape index (κ3) is 5.12. The van der Waals surface area contributed by atoms with Gasteiger partial charge in [-0.05, 0) is 50.6 Å². The van der Waals surface area contributed by atoms with Gasteiger partial charge in [-0.15, -0.1) is 0 Å². The number of hydrogen-bond donors (Lipinski definition) is 1. The second kappa shape index (κ2) is 9.80. The van der Waals surface area contributed by atoms with Crippen LogP contribution in [0.3, 0.4) is 0 Å². The molecule has 0 fully saturated rings. The van der Waals surface area contributed by atoms with Gasteiger partial charge in [-0.2, -0.15) is 5.10 Å². The molecule has 0 radical (unpaired) electrons. The van der Waals surface area contributed by atoms with Crippen molar-refractivity contribution in [2.75, 3.05) is 11.1 Å². The van der Waals surface area contributed by atoms with Crippen LogP contribution in [0.4, 0.5) is 5.69 Å². The second-order valence-corrected chi connectivity index (χ2v) is 9.09. The van der Waals surface area contributed by atoms with Crippen LogP contribution in [0.5, 0.6) is 0 Å². The van der Waals surface area contributed by atoms with Crippen LogP contribution in [-0.4, -0.2) is 31.0 Å². The fraction of sp³-hybridized carbons (Fsp3) is 0.250. The monoisotopic (exact) mass is 481 g/mol. The molecule has 2 heterocycles. The summed E-state index contributed by atoms with van der Waals surface area (Å²) in [7, 11) is 0. The summed E-state index contributed by atoms with van der Waals surface area (Å²) >= 11 is 7.25. The summed E-state index contributed by atoms with van der Waals surface area (Å²) in [6, 6.07) is 14.9. The average Bonchev–Trinajstić information content (AvgIpc) is 3.13. The highest BCUT2D eigenvalue weighted by Gasteiger charge is 2.19. The van der Waals surface area contributed by atoms with Crippen molar-refractivity contribution < 1.29 is 4.79 Å². The maximum Gasteiger partial charge on any atom is 0.280 e. The third-order valence-electron chi connectivity index (χ3n) is 5.20. The minimum absolute atomic E-state index is 0.118. The molecule has 0 aliphatic heterocycles. The van der Waals surface area contributed by atoms with Crippen LogP contribution in [-0.2, 0) is 17.9 Å². The van der Waals surface area contributed by atoms with Crippen molar-refractivity contribution in [3.63, 3.8) is 0 Å². The molecule has 0 saturated carbocycles. The molecule has 2 aromatic carbocycles. The summed E-state index contributed by atoms with van der Waals surface area (Å²) in [6.45, 7) is 6.64. The van der Waals surface area contributed by atoms with Crippen molar-refractivity contribution in [3.05, 3.63) is 80.7 Å². The number of halogens is 1. The van der Waals surface area contributed by atoms with E-state index in [4.69, 9.17) is 16.6 Å². The standard InChI is InChI=1S/C24H24ClN5O2S/c1-4-30-22-21(16(3)28-30)27-24(29(23(22)32)13-17-7-9-18(25)10-8-17)33-14-20(31)26-19-11-5-15(2)6-12-19/h5-12H,4,13-14H2,1-3H3,(H,26,31). The summed E-state index contributed by atoms with van der Waals surface area (Å²) in [5.74, 6) is -0.0508. The molecule has 4 rings (SSSR count). The number of rotatable bonds is 7. The fourth-order valence-electron chi connectivity index (χ4n) is 3.50. The van der Waals surface area contributed by atoms with E-state index >= 15 is 0 Å². The Hall–Kier alpha value is -3.10. The zero-order valence-electron chi connectivity index (χ0n) is 18.6. The minimum atomic E-state index is -0.182. The van der Waals surface area contributed by atoms with Crippen LogP contribution in [0.1, 0.15) is 23.7 Å². The number of fused-ring (bicyclic) bond motifs is 1. The quantitative estimate of drug-likeness (QED) is 0.306. The van der Waals surface area contributed by atoms with Gasteiger partial charge < -0.3 is 5.32 Å². The highest BCUT2D eigenvalue weighted by molar-refractivity contribution is 7.99. The molecule has 2 aromatic heterocycles. The van der Waals surface area contributed by atoms with Gasteiger partial charge in [0.1, 0.15) is 5.52 Å². The minimum Gasteiger partial charge on any atom is -0.325 e. The molecule has 0 unspecified atom stereocenters. The molecule has 170 valence electrons. The molecule has 0 aliphatic carbocycles. The molecule has 0 atom stereocenters. The molecule has 1 N–H and O–H groups in total. The van der Waals surface area contributed by atoms with Gasteiger partial charge in [-0.25, -0.2) is 4.98 Å². The normalized spacial score (nSPS) is 11.2. The number of carbonyl (C=O) groups excluding carboxylic acids is 1. The number of anilines is 1. The Morgan fingerprint density at radius 1 is 1.09 bits per heavy atom. The van der Waals surface area contributed by atoms with Gasteiger partial charge in [0.2, 0.25) is 5.91 Å². The molecule has 0 aliphatic rings. The van der Waals surface area contributed by atoms with E-state index in [1.165, 1.54) is 11.8 Å². The molecule has 33 heavy (non-hydrogen) atoms. The Balaban J connectivity index is 1.66. The molecule has 9 heteroatoms. The van der Waals surface area contributed by atoms with Gasteiger partial charge in [0.05, 0.1) is 18.0 Å². The van der Waals surface area contributed by atoms with E-state index in [9.17, 15) is 9.59 Å². The zero-order chi connectivity index (χ0) is 23.5. The topological polar surface area (TPSA) is 81.8 Å². The summed E-state index contributed by atoms with van der Waals surface area (Å²) < 4.78 is 3.28. The molecule has 0 saturated heterocycles. The molecule has 0 bridgehead atoms. The fourth-order valence-corrected chi connectivity index (χ4v) is 4.42. The Bertz CT molecular complexity index is 1360. The number of nitrogens with zero attached hydrogens (tertiary/aromatic N) is 4. The molecule has 7 nitrogen and oxygen atoms in total. The van der Waals surface area contributed by atoms with E-state index < -0.39 is 0 Å². The number of benzene rings is 2. The van der Waals surface area contributed by atoms with Gasteiger partial charge in [-0.3, -0.25) is 18.8 Å². The van der Waals surface area contributed by atoms with Crippen LogP contribution in [0, 0.1) is 13.8 Å². The van der Waals surface area contributed by atoms with E-state index in [1.807, 2.05) is 57.2 Å². The van der Waals surface area contributed by atoms with Gasteiger partial charge in [0.15, 0.2) is 10.7 Å². The Morgan fingerprint density at radius 3 is 2.45 bits per heavy atom. The van der Waals surface area contributed by atoms with E-state index in [-0.39, 0.29) is 17.2 Å². The lowest BCUT2D eigenvalue weighted by molar-refractivity contribution is -0.113. The van der Waals surface area contributed by atoms with E-state index in [0.717, 1.165) is 16.8 Å². The van der Waals surface area contributed by atoms with Crippen molar-refractivity contribution in [1.82, 2.24) is 19.3 Å². The Kier molecular flexibility index (Phi) is 6.85. The van der Waals surface area contributed by atoms with Crippen molar-refractivity contribution >= 4 is 46.0 Å². The van der Waals surface area contributed by atoms with Crippen LogP contribution in [0.15, 0.2) is 58.5 Å². The first-order valence-electron chi connectivity index (χ1n) is 10.6. The van der Waals surface area contributed by atoms with Crippen molar-refractivity contribution in [1.29, 1.82) is 0 Å². The molecular formula is C24H24ClN5O2S. The van der Waals surface area contributed by atoms with Crippen molar-refractivity contribution in [2.24, 2.45) is 0 Å². The Labute approximate surface area is 200 Å². The lowest BCUT2D eigenvalue weighted by atomic mass is 10.2. The van der Waals surface area contributed by atoms with Crippen molar-refractivity contribution in [2.45, 2.75) is 39.0 Å². The van der Waals surface area contributed by atoms with Crippen LogP contribution < -0.4 is 10.9 Å². The predicted octanol–water partition coefficient (Wildman–Crippen LogP) is 4.66. The number of nitrogens with one attached hydrogen (secondary N) is 1. The summed E-state index contributed by atoms with van der Waals surface area (Å²) in [6.07, 6.45) is 0. The number of hydrogen-bond acceptors (Lipinski definition) is 5. The van der Waals surface area contributed by atoms with E-state index in [2.05, 4.69) is 10.4 Å². The maximum absolute atomic E-state index is 13.5. The van der Waals surface area contributed by atoms with Crippen LogP contribution in [0.25, 0.3) is 11.0 Å². The molecular weight excluding hydrogens is 458 g/mol. The first-order valence-corrected chi connectivity index (χ1v) is 11.9. The first kappa shape index (κ1) is 23.1. The molecule has 4 aromatic rings. The highest BCUT2D eigenvalue weighted by atomic mass is 35.5. The van der Waals surface area contributed by atoms with Crippen LogP contribution in [0.2, 0.25) is 5.02 Å². The first-order chi connectivity index (χ1) is 15.9. The third-order valence-corrected chi connectivity index (χ3v) is 6.43. The van der Waals surface area contributed by atoms with E-state index in [1.54, 1.807) is 21.4 Å². The summed E-state index contributed by atoms with van der Waals surface area (Å²) in [4.78, 5) is 30.8. The van der Waals surface area contributed by atoms with Crippen molar-refractivity contribution in [3.8, 4) is 0 Å². The second-order valence-electron chi connectivity index (χ2n) is 7.71. The van der Waals surface area contributed by atoms with Gasteiger partial charge in [-0.1, -0.05) is 53.2 Å². The van der Waals surface area contributed by atoms with Gasteiger partial charge >= 0.3 is 0 Å². The largest absolute Gasteiger partial charge is 0.325 e. The molecule has 0 spiro atoms. The van der Waals surface area contributed by atoms with Gasteiger partial charge in [0.25, 0.3) is 5.56 Å². The predicted molar refractivity (Wildman–Crippen MR) is 133 cm³/mol. The lowest BCUT2D eigenvalue weighted by Gasteiger charge is -2.13. The zero-order valence-corrected chi connectivity index (χ0v) is 20.2. The Morgan fingerprint density at radius 2 is 1.79 bits per heavy atom. The van der Waals surface area contributed by atoms with E-state index in [0.29, 0.717) is 40.0 Å². The lowest BCUT2D eigenvalue weighted by Crippen LogP contribution is -2.26. The number of aryl methyl sites for hydroxylation is 3. The number of aromatic nitrogens is 4. The van der Waals surface area contributed by atoms with Gasteiger partial charge in [0, 0.05) is 17.3 Å². The SMILES string of the molecule is CCn1nc(C)c2nc(SCC(=O)Nc3ccc(C)cc3)n(Cc3ccc(Cl)cc3)c(=O)c21.